The van der Waals surface area contributed by atoms with Gasteiger partial charge in [0.05, 0.1) is 12.6 Å². The van der Waals surface area contributed by atoms with Crippen LogP contribution in [0.5, 0.6) is 5.75 Å². The summed E-state index contributed by atoms with van der Waals surface area (Å²) >= 11 is 0. The number of hydrogen-bond donors (Lipinski definition) is 2. The zero-order chi connectivity index (χ0) is 15.4. The lowest BCUT2D eigenvalue weighted by molar-refractivity contribution is -0.139. The molecule has 112 valence electrons. The number of rotatable bonds is 6. The maximum Gasteiger partial charge on any atom is 0.326 e. The molecule has 2 N–H and O–H groups in total. The van der Waals surface area contributed by atoms with Crippen molar-refractivity contribution in [2.24, 2.45) is 5.92 Å². The fraction of sp³-hybridized carbons (Fsp3) is 0.400. The van der Waals surface area contributed by atoms with Gasteiger partial charge in [-0.2, -0.15) is 0 Å². The molecule has 2 rings (SSSR count). The van der Waals surface area contributed by atoms with E-state index in [9.17, 15) is 9.90 Å². The van der Waals surface area contributed by atoms with E-state index in [1.165, 1.54) is 6.33 Å². The number of anilines is 1. The predicted molar refractivity (Wildman–Crippen MR) is 80.6 cm³/mol. The molecule has 0 fully saturated rings. The van der Waals surface area contributed by atoms with Crippen LogP contribution in [0.25, 0.3) is 10.9 Å². The monoisotopic (exact) mass is 289 g/mol. The summed E-state index contributed by atoms with van der Waals surface area (Å²) in [5.41, 5.74) is 0.738. The third-order valence-electron chi connectivity index (χ3n) is 3.61. The van der Waals surface area contributed by atoms with E-state index in [4.69, 9.17) is 4.74 Å². The zero-order valence-corrected chi connectivity index (χ0v) is 12.3. The summed E-state index contributed by atoms with van der Waals surface area (Å²) in [5.74, 6) is 0.277. The van der Waals surface area contributed by atoms with Gasteiger partial charge in [0.15, 0.2) is 0 Å². The molecule has 0 bridgehead atoms. The van der Waals surface area contributed by atoms with Gasteiger partial charge in [-0.3, -0.25) is 0 Å². The Labute approximate surface area is 123 Å². The molecule has 6 nitrogen and oxygen atoms in total. The number of carboxylic acids is 1. The number of ether oxygens (including phenoxy) is 1. The molecule has 0 aliphatic carbocycles. The summed E-state index contributed by atoms with van der Waals surface area (Å²) in [6, 6.07) is 4.73. The van der Waals surface area contributed by atoms with E-state index in [2.05, 4.69) is 15.3 Å². The third-order valence-corrected chi connectivity index (χ3v) is 3.61. The molecule has 21 heavy (non-hydrogen) atoms. The predicted octanol–water partition coefficient (Wildman–Crippen LogP) is 2.55. The Kier molecular flexibility index (Phi) is 4.57. The average molecular weight is 289 g/mol. The number of hydrogen-bond acceptors (Lipinski definition) is 5. The van der Waals surface area contributed by atoms with Crippen molar-refractivity contribution in [3.8, 4) is 5.75 Å². The largest absolute Gasteiger partial charge is 0.497 e. The van der Waals surface area contributed by atoms with Gasteiger partial charge >= 0.3 is 5.97 Å². The minimum absolute atomic E-state index is 0.0156. The molecule has 0 amide bonds. The SMILES string of the molecule is CCC(C)C(Nc1ncnc2ccc(OC)cc12)C(=O)O. The van der Waals surface area contributed by atoms with Gasteiger partial charge in [-0.25, -0.2) is 14.8 Å². The number of carbonyl (C=O) groups is 1. The Morgan fingerprint density at radius 1 is 1.43 bits per heavy atom. The Bertz CT molecular complexity index is 645. The summed E-state index contributed by atoms with van der Waals surface area (Å²) in [7, 11) is 1.58. The maximum atomic E-state index is 11.4. The van der Waals surface area contributed by atoms with E-state index in [-0.39, 0.29) is 5.92 Å². The average Bonchev–Trinajstić information content (AvgIpc) is 2.51. The van der Waals surface area contributed by atoms with Crippen molar-refractivity contribution in [3.05, 3.63) is 24.5 Å². The second-order valence-electron chi connectivity index (χ2n) is 4.95. The first-order valence-corrected chi connectivity index (χ1v) is 6.85. The fourth-order valence-electron chi connectivity index (χ4n) is 2.11. The molecule has 0 aliphatic heterocycles. The van der Waals surface area contributed by atoms with Crippen LogP contribution in [0.4, 0.5) is 5.82 Å². The molecule has 2 atom stereocenters. The number of nitrogens with one attached hydrogen (secondary N) is 1. The molecule has 0 radical (unpaired) electrons. The Morgan fingerprint density at radius 3 is 2.81 bits per heavy atom. The molecule has 1 heterocycles. The van der Waals surface area contributed by atoms with Crippen LogP contribution in [0.2, 0.25) is 0 Å². The fourth-order valence-corrected chi connectivity index (χ4v) is 2.11. The smallest absolute Gasteiger partial charge is 0.326 e. The molecule has 0 aliphatic rings. The maximum absolute atomic E-state index is 11.4. The van der Waals surface area contributed by atoms with Gasteiger partial charge in [-0.05, 0) is 24.1 Å². The van der Waals surface area contributed by atoms with Gasteiger partial charge < -0.3 is 15.2 Å². The van der Waals surface area contributed by atoms with Crippen LogP contribution in [-0.2, 0) is 4.79 Å². The van der Waals surface area contributed by atoms with E-state index in [1.54, 1.807) is 13.2 Å². The Morgan fingerprint density at radius 2 is 2.19 bits per heavy atom. The normalized spacial score (nSPS) is 13.7. The Balaban J connectivity index is 2.42. The zero-order valence-electron chi connectivity index (χ0n) is 12.3. The quantitative estimate of drug-likeness (QED) is 0.850. The first-order chi connectivity index (χ1) is 10.1. The van der Waals surface area contributed by atoms with Crippen LogP contribution < -0.4 is 10.1 Å². The molecule has 2 aromatic rings. The van der Waals surface area contributed by atoms with Crippen LogP contribution >= 0.6 is 0 Å². The van der Waals surface area contributed by atoms with Crippen LogP contribution in [0.15, 0.2) is 24.5 Å². The molecule has 0 spiro atoms. The highest BCUT2D eigenvalue weighted by Crippen LogP contribution is 2.25. The summed E-state index contributed by atoms with van der Waals surface area (Å²) in [6.07, 6.45) is 2.18. The highest BCUT2D eigenvalue weighted by atomic mass is 16.5. The minimum atomic E-state index is -0.890. The number of aromatic nitrogens is 2. The number of fused-ring (bicyclic) bond motifs is 1. The minimum Gasteiger partial charge on any atom is -0.497 e. The van der Waals surface area contributed by atoms with E-state index in [0.29, 0.717) is 11.6 Å². The molecule has 6 heteroatoms. The second kappa shape index (κ2) is 6.39. The summed E-state index contributed by atoms with van der Waals surface area (Å²) in [5, 5.41) is 13.1. The lowest BCUT2D eigenvalue weighted by Crippen LogP contribution is -2.35. The number of carboxylic acid groups (broad SMARTS) is 1. The second-order valence-corrected chi connectivity index (χ2v) is 4.95. The van der Waals surface area contributed by atoms with Gasteiger partial charge in [0.25, 0.3) is 0 Å². The van der Waals surface area contributed by atoms with Crippen molar-refractivity contribution in [1.82, 2.24) is 9.97 Å². The summed E-state index contributed by atoms with van der Waals surface area (Å²) in [6.45, 7) is 3.86. The number of nitrogens with zero attached hydrogens (tertiary/aromatic N) is 2. The van der Waals surface area contributed by atoms with Crippen LogP contribution in [0.1, 0.15) is 20.3 Å². The first-order valence-electron chi connectivity index (χ1n) is 6.85. The summed E-state index contributed by atoms with van der Waals surface area (Å²) < 4.78 is 5.20. The topological polar surface area (TPSA) is 84.3 Å². The highest BCUT2D eigenvalue weighted by molar-refractivity contribution is 5.91. The van der Waals surface area contributed by atoms with Crippen LogP contribution in [0.3, 0.4) is 0 Å². The van der Waals surface area contributed by atoms with E-state index >= 15 is 0 Å². The van der Waals surface area contributed by atoms with Crippen molar-refractivity contribution < 1.29 is 14.6 Å². The van der Waals surface area contributed by atoms with Crippen molar-refractivity contribution in [2.45, 2.75) is 26.3 Å². The van der Waals surface area contributed by atoms with E-state index < -0.39 is 12.0 Å². The number of aliphatic carboxylic acids is 1. The van der Waals surface area contributed by atoms with Crippen LogP contribution in [-0.4, -0.2) is 34.2 Å². The third kappa shape index (κ3) is 3.21. The Hall–Kier alpha value is -2.37. The number of methoxy groups -OCH3 is 1. The lowest BCUT2D eigenvalue weighted by Gasteiger charge is -2.21. The van der Waals surface area contributed by atoms with Crippen molar-refractivity contribution in [1.29, 1.82) is 0 Å². The molecule has 1 aromatic heterocycles. The molecular formula is C15H19N3O3. The first kappa shape index (κ1) is 15.0. The molecule has 0 saturated heterocycles. The van der Waals surface area contributed by atoms with Crippen molar-refractivity contribution in [2.75, 3.05) is 12.4 Å². The van der Waals surface area contributed by atoms with Gasteiger partial charge in [0.1, 0.15) is 23.9 Å². The van der Waals surface area contributed by atoms with Gasteiger partial charge in [0, 0.05) is 5.39 Å². The summed E-state index contributed by atoms with van der Waals surface area (Å²) in [4.78, 5) is 19.8. The van der Waals surface area contributed by atoms with Gasteiger partial charge in [-0.15, -0.1) is 0 Å². The van der Waals surface area contributed by atoms with Gasteiger partial charge in [-0.1, -0.05) is 20.3 Å². The van der Waals surface area contributed by atoms with Crippen molar-refractivity contribution in [3.63, 3.8) is 0 Å². The standard InChI is InChI=1S/C15H19N3O3/c1-4-9(2)13(15(19)20)18-14-11-7-10(21-3)5-6-12(11)16-8-17-14/h5-9,13H,4H2,1-3H3,(H,19,20)(H,16,17,18). The van der Waals surface area contributed by atoms with Gasteiger partial charge in [0.2, 0.25) is 0 Å². The highest BCUT2D eigenvalue weighted by Gasteiger charge is 2.24. The molecule has 2 unspecified atom stereocenters. The number of benzene rings is 1. The van der Waals surface area contributed by atoms with E-state index in [0.717, 1.165) is 17.3 Å². The van der Waals surface area contributed by atoms with E-state index in [1.807, 2.05) is 26.0 Å². The van der Waals surface area contributed by atoms with Crippen molar-refractivity contribution >= 4 is 22.7 Å². The molecular weight excluding hydrogens is 270 g/mol. The molecule has 1 aromatic carbocycles. The molecule has 0 saturated carbocycles. The van der Waals surface area contributed by atoms with Crippen LogP contribution in [0, 0.1) is 5.92 Å². The lowest BCUT2D eigenvalue weighted by atomic mass is 9.99.